The lowest BCUT2D eigenvalue weighted by molar-refractivity contribution is 0.0947. The minimum Gasteiger partial charge on any atom is -0.307 e. The zero-order valence-electron chi connectivity index (χ0n) is 13.2. The quantitative estimate of drug-likeness (QED) is 0.888. The molecule has 21 heavy (non-hydrogen) atoms. The maximum absolute atomic E-state index is 3.78. The molecule has 1 aromatic rings. The number of nitrogens with zero attached hydrogens (tertiary/aromatic N) is 1. The van der Waals surface area contributed by atoms with Crippen molar-refractivity contribution in [3.63, 3.8) is 0 Å². The van der Waals surface area contributed by atoms with Crippen LogP contribution in [0, 0.1) is 11.3 Å². The maximum Gasteiger partial charge on any atom is 0.0449 e. The fourth-order valence-electron chi connectivity index (χ4n) is 4.32. The Kier molecular flexibility index (Phi) is 3.55. The van der Waals surface area contributed by atoms with Crippen molar-refractivity contribution in [3.8, 4) is 0 Å². The Morgan fingerprint density at radius 1 is 1.19 bits per heavy atom. The van der Waals surface area contributed by atoms with Gasteiger partial charge in [0.2, 0.25) is 0 Å². The lowest BCUT2D eigenvalue weighted by atomic mass is 9.95. The number of hydrogen-bond acceptors (Lipinski definition) is 2. The van der Waals surface area contributed by atoms with Crippen LogP contribution in [0.4, 0.5) is 0 Å². The van der Waals surface area contributed by atoms with Gasteiger partial charge < -0.3 is 5.32 Å². The number of hydrogen-bond donors (Lipinski definition) is 1. The van der Waals surface area contributed by atoms with Gasteiger partial charge in [0.1, 0.15) is 0 Å². The third kappa shape index (κ3) is 2.76. The van der Waals surface area contributed by atoms with Gasteiger partial charge in [-0.1, -0.05) is 37.3 Å². The van der Waals surface area contributed by atoms with E-state index in [1.165, 1.54) is 50.8 Å². The first-order valence-electron chi connectivity index (χ1n) is 8.83. The van der Waals surface area contributed by atoms with Gasteiger partial charge in [0, 0.05) is 31.7 Å². The Morgan fingerprint density at radius 2 is 1.95 bits per heavy atom. The first kappa shape index (κ1) is 13.8. The van der Waals surface area contributed by atoms with Gasteiger partial charge in [0.15, 0.2) is 0 Å². The summed E-state index contributed by atoms with van der Waals surface area (Å²) in [6, 6.07) is 12.3. The minimum absolute atomic E-state index is 0.518. The van der Waals surface area contributed by atoms with E-state index in [2.05, 4.69) is 47.5 Å². The molecule has 0 amide bonds. The molecule has 2 unspecified atom stereocenters. The zero-order valence-corrected chi connectivity index (χ0v) is 13.2. The molecule has 2 heteroatoms. The second-order valence-electron chi connectivity index (χ2n) is 7.50. The predicted octanol–water partition coefficient (Wildman–Crippen LogP) is 3.60. The molecule has 1 aromatic carbocycles. The van der Waals surface area contributed by atoms with Crippen molar-refractivity contribution in [1.29, 1.82) is 0 Å². The molecule has 1 heterocycles. The van der Waals surface area contributed by atoms with Gasteiger partial charge in [-0.25, -0.2) is 0 Å². The van der Waals surface area contributed by atoms with Gasteiger partial charge in [-0.15, -0.1) is 0 Å². The summed E-state index contributed by atoms with van der Waals surface area (Å²) in [5.41, 5.74) is 2.18. The molecule has 0 radical (unpaired) electrons. The third-order valence-electron chi connectivity index (χ3n) is 6.06. The van der Waals surface area contributed by atoms with Crippen LogP contribution in [-0.4, -0.2) is 30.6 Å². The molecule has 0 spiro atoms. The average molecular weight is 284 g/mol. The standard InChI is InChI=1S/C19H28N2/c1-2-17-12-20-18(15-6-4-3-5-7-15)13-21(17)14-19(10-11-19)16-8-9-16/h3-7,16-18,20H,2,8-14H2,1H3. The Bertz CT molecular complexity index is 476. The third-order valence-corrected chi connectivity index (χ3v) is 6.06. The van der Waals surface area contributed by atoms with E-state index in [0.717, 1.165) is 23.9 Å². The van der Waals surface area contributed by atoms with E-state index in [4.69, 9.17) is 0 Å². The van der Waals surface area contributed by atoms with Crippen LogP contribution in [0.5, 0.6) is 0 Å². The summed E-state index contributed by atoms with van der Waals surface area (Å²) in [5.74, 6) is 1.07. The molecule has 1 N–H and O–H groups in total. The highest BCUT2D eigenvalue weighted by Crippen LogP contribution is 2.61. The normalized spacial score (nSPS) is 32.0. The summed E-state index contributed by atoms with van der Waals surface area (Å²) >= 11 is 0. The summed E-state index contributed by atoms with van der Waals surface area (Å²) in [4.78, 5) is 2.82. The highest BCUT2D eigenvalue weighted by Gasteiger charge is 2.54. The Hall–Kier alpha value is -0.860. The Balaban J connectivity index is 1.47. The van der Waals surface area contributed by atoms with Gasteiger partial charge in [-0.3, -0.25) is 4.90 Å². The van der Waals surface area contributed by atoms with Crippen molar-refractivity contribution in [2.24, 2.45) is 11.3 Å². The summed E-state index contributed by atoms with van der Waals surface area (Å²) in [7, 11) is 0. The average Bonchev–Trinajstić information content (AvgIpc) is 3.41. The van der Waals surface area contributed by atoms with E-state index < -0.39 is 0 Å². The van der Waals surface area contributed by atoms with Crippen LogP contribution in [0.2, 0.25) is 0 Å². The second kappa shape index (κ2) is 5.40. The molecule has 1 aliphatic heterocycles. The molecular formula is C19H28N2. The van der Waals surface area contributed by atoms with Gasteiger partial charge >= 0.3 is 0 Å². The van der Waals surface area contributed by atoms with E-state index in [0.29, 0.717) is 6.04 Å². The smallest absolute Gasteiger partial charge is 0.0449 e. The fraction of sp³-hybridized carbons (Fsp3) is 0.684. The fourth-order valence-corrected chi connectivity index (χ4v) is 4.32. The molecule has 0 bridgehead atoms. The first-order chi connectivity index (χ1) is 10.3. The van der Waals surface area contributed by atoms with Crippen molar-refractivity contribution in [3.05, 3.63) is 35.9 Å². The van der Waals surface area contributed by atoms with Crippen LogP contribution in [0.1, 0.15) is 50.6 Å². The predicted molar refractivity (Wildman–Crippen MR) is 87.2 cm³/mol. The van der Waals surface area contributed by atoms with Crippen molar-refractivity contribution >= 4 is 0 Å². The monoisotopic (exact) mass is 284 g/mol. The SMILES string of the molecule is CCC1CNC(c2ccccc2)CN1CC1(C2CC2)CC1. The van der Waals surface area contributed by atoms with Crippen LogP contribution < -0.4 is 5.32 Å². The van der Waals surface area contributed by atoms with E-state index in [-0.39, 0.29) is 0 Å². The summed E-state index contributed by atoms with van der Waals surface area (Å²) in [6.07, 6.45) is 7.27. The second-order valence-corrected chi connectivity index (χ2v) is 7.50. The number of rotatable bonds is 5. The lowest BCUT2D eigenvalue weighted by Crippen LogP contribution is -2.54. The first-order valence-corrected chi connectivity index (χ1v) is 8.83. The molecule has 2 nitrogen and oxygen atoms in total. The molecule has 3 fully saturated rings. The molecule has 3 aliphatic rings. The number of nitrogens with one attached hydrogen (secondary N) is 1. The van der Waals surface area contributed by atoms with Crippen LogP contribution in [0.25, 0.3) is 0 Å². The molecular weight excluding hydrogens is 256 g/mol. The topological polar surface area (TPSA) is 15.3 Å². The molecule has 2 aliphatic carbocycles. The van der Waals surface area contributed by atoms with Crippen LogP contribution in [0.15, 0.2) is 30.3 Å². The van der Waals surface area contributed by atoms with Crippen molar-refractivity contribution in [2.75, 3.05) is 19.6 Å². The highest BCUT2D eigenvalue weighted by molar-refractivity contribution is 5.20. The van der Waals surface area contributed by atoms with E-state index in [1.807, 2.05) is 0 Å². The van der Waals surface area contributed by atoms with E-state index >= 15 is 0 Å². The molecule has 2 saturated carbocycles. The molecule has 4 rings (SSSR count). The van der Waals surface area contributed by atoms with Crippen LogP contribution in [0.3, 0.4) is 0 Å². The molecule has 114 valence electrons. The van der Waals surface area contributed by atoms with E-state index in [1.54, 1.807) is 0 Å². The maximum atomic E-state index is 3.78. The summed E-state index contributed by atoms with van der Waals surface area (Å²) in [6.45, 7) is 6.05. The lowest BCUT2D eigenvalue weighted by Gasteiger charge is -2.42. The van der Waals surface area contributed by atoms with Gasteiger partial charge in [0.05, 0.1) is 0 Å². The number of piperazine rings is 1. The van der Waals surface area contributed by atoms with Gasteiger partial charge in [-0.2, -0.15) is 0 Å². The molecule has 1 saturated heterocycles. The zero-order chi connectivity index (χ0) is 14.3. The van der Waals surface area contributed by atoms with Crippen LogP contribution >= 0.6 is 0 Å². The van der Waals surface area contributed by atoms with Gasteiger partial charge in [0.25, 0.3) is 0 Å². The molecule has 0 aromatic heterocycles. The van der Waals surface area contributed by atoms with Gasteiger partial charge in [-0.05, 0) is 49.0 Å². The molecule has 2 atom stereocenters. The minimum atomic E-state index is 0.518. The largest absolute Gasteiger partial charge is 0.307 e. The van der Waals surface area contributed by atoms with E-state index in [9.17, 15) is 0 Å². The summed E-state index contributed by atoms with van der Waals surface area (Å²) < 4.78 is 0. The Labute approximate surface area is 128 Å². The van der Waals surface area contributed by atoms with Crippen molar-refractivity contribution in [2.45, 2.75) is 51.1 Å². The number of benzene rings is 1. The van der Waals surface area contributed by atoms with Crippen molar-refractivity contribution < 1.29 is 0 Å². The van der Waals surface area contributed by atoms with Crippen molar-refractivity contribution in [1.82, 2.24) is 10.2 Å². The Morgan fingerprint density at radius 3 is 2.57 bits per heavy atom. The van der Waals surface area contributed by atoms with Crippen LogP contribution in [-0.2, 0) is 0 Å². The highest BCUT2D eigenvalue weighted by atomic mass is 15.2. The summed E-state index contributed by atoms with van der Waals surface area (Å²) in [5, 5.41) is 3.78.